The van der Waals surface area contributed by atoms with Crippen molar-refractivity contribution in [3.8, 4) is 0 Å². The van der Waals surface area contributed by atoms with Crippen LogP contribution in [0, 0.1) is 0 Å². The molecule has 0 unspecified atom stereocenters. The predicted molar refractivity (Wildman–Crippen MR) is 159 cm³/mol. The van der Waals surface area contributed by atoms with Crippen LogP contribution >= 0.6 is 46.4 Å². The van der Waals surface area contributed by atoms with Crippen LogP contribution in [0.1, 0.15) is 0 Å². The molecule has 2 N–H and O–H groups in total. The molecule has 0 bridgehead atoms. The van der Waals surface area contributed by atoms with E-state index < -0.39 is 12.1 Å². The molecule has 0 heterocycles. The van der Waals surface area contributed by atoms with Gasteiger partial charge in [0.2, 0.25) is 0 Å². The lowest BCUT2D eigenvalue weighted by Gasteiger charge is -2.28. The molecular weight excluding hydrogens is 566 g/mol. The molecule has 4 aromatic rings. The maximum atomic E-state index is 13.4. The lowest BCUT2D eigenvalue weighted by molar-refractivity contribution is 0.254. The molecule has 0 radical (unpaired) electrons. The van der Waals surface area contributed by atoms with Crippen LogP contribution in [0.25, 0.3) is 0 Å². The van der Waals surface area contributed by atoms with Gasteiger partial charge in [0.25, 0.3) is 0 Å². The molecule has 0 saturated heterocycles. The van der Waals surface area contributed by atoms with Crippen molar-refractivity contribution in [3.05, 3.63) is 117 Å². The van der Waals surface area contributed by atoms with Crippen LogP contribution in [-0.4, -0.2) is 25.2 Å². The Morgan fingerprint density at radius 2 is 0.895 bits per heavy atom. The fourth-order valence-electron chi connectivity index (χ4n) is 3.64. The Balaban J connectivity index is 1.57. The van der Waals surface area contributed by atoms with Gasteiger partial charge in [0, 0.05) is 35.8 Å². The zero-order valence-electron chi connectivity index (χ0n) is 19.9. The first-order valence-corrected chi connectivity index (χ1v) is 13.0. The van der Waals surface area contributed by atoms with E-state index in [1.807, 2.05) is 60.7 Å². The van der Waals surface area contributed by atoms with Crippen molar-refractivity contribution < 1.29 is 9.59 Å². The minimum atomic E-state index is -0.396. The number of urea groups is 2. The molecule has 0 aliphatic carbocycles. The van der Waals surface area contributed by atoms with Gasteiger partial charge in [-0.1, -0.05) is 82.8 Å². The van der Waals surface area contributed by atoms with Crippen molar-refractivity contribution in [2.24, 2.45) is 0 Å². The molecule has 0 fully saturated rings. The Morgan fingerprint density at radius 3 is 1.24 bits per heavy atom. The molecule has 0 atom stereocenters. The number of halogens is 4. The lowest BCUT2D eigenvalue weighted by atomic mass is 10.2. The molecule has 4 amide bonds. The van der Waals surface area contributed by atoms with E-state index in [1.165, 1.54) is 0 Å². The van der Waals surface area contributed by atoms with Crippen molar-refractivity contribution in [3.63, 3.8) is 0 Å². The van der Waals surface area contributed by atoms with Crippen molar-refractivity contribution in [2.75, 3.05) is 33.5 Å². The first-order chi connectivity index (χ1) is 18.3. The molecule has 0 aliphatic heterocycles. The van der Waals surface area contributed by atoms with Gasteiger partial charge in [-0.05, 0) is 60.7 Å². The Kier molecular flexibility index (Phi) is 9.37. The monoisotopic (exact) mass is 586 g/mol. The second-order valence-corrected chi connectivity index (χ2v) is 9.72. The third-order valence-corrected chi connectivity index (χ3v) is 6.99. The van der Waals surface area contributed by atoms with Crippen LogP contribution in [-0.2, 0) is 0 Å². The highest BCUT2D eigenvalue weighted by molar-refractivity contribution is 6.42. The van der Waals surface area contributed by atoms with Gasteiger partial charge in [0.05, 0.1) is 20.1 Å². The van der Waals surface area contributed by atoms with E-state index in [0.29, 0.717) is 42.8 Å². The minimum absolute atomic E-state index is 0.181. The van der Waals surface area contributed by atoms with Crippen LogP contribution in [0.5, 0.6) is 0 Å². The van der Waals surface area contributed by atoms with Crippen LogP contribution in [0.15, 0.2) is 97.1 Å². The van der Waals surface area contributed by atoms with Gasteiger partial charge in [-0.25, -0.2) is 9.59 Å². The fourth-order valence-corrected chi connectivity index (χ4v) is 4.24. The van der Waals surface area contributed by atoms with Gasteiger partial charge in [-0.2, -0.15) is 0 Å². The predicted octanol–water partition coefficient (Wildman–Crippen LogP) is 9.08. The quantitative estimate of drug-likeness (QED) is 0.226. The van der Waals surface area contributed by atoms with E-state index in [0.717, 1.165) is 0 Å². The zero-order chi connectivity index (χ0) is 27.1. The van der Waals surface area contributed by atoms with E-state index in [4.69, 9.17) is 46.4 Å². The zero-order valence-corrected chi connectivity index (χ0v) is 22.9. The number of carbonyl (C=O) groups excluding carboxylic acids is 2. The average molecular weight is 588 g/mol. The highest BCUT2D eigenvalue weighted by Gasteiger charge is 2.21. The summed E-state index contributed by atoms with van der Waals surface area (Å²) in [6.45, 7) is 0.363. The van der Waals surface area contributed by atoms with Gasteiger partial charge < -0.3 is 10.6 Å². The van der Waals surface area contributed by atoms with E-state index in [9.17, 15) is 9.59 Å². The molecule has 0 aliphatic rings. The molecule has 194 valence electrons. The summed E-state index contributed by atoms with van der Waals surface area (Å²) in [5.41, 5.74) is 2.29. The summed E-state index contributed by atoms with van der Waals surface area (Å²) < 4.78 is 0. The normalized spacial score (nSPS) is 10.5. The maximum Gasteiger partial charge on any atom is 0.326 e. The summed E-state index contributed by atoms with van der Waals surface area (Å²) in [5, 5.41) is 7.12. The first kappa shape index (κ1) is 27.6. The second kappa shape index (κ2) is 12.9. The number of benzene rings is 4. The molecule has 4 aromatic carbocycles. The van der Waals surface area contributed by atoms with Gasteiger partial charge in [-0.3, -0.25) is 9.80 Å². The fraction of sp³-hybridized carbons (Fsp3) is 0.0714. The molecule has 6 nitrogen and oxygen atoms in total. The van der Waals surface area contributed by atoms with Gasteiger partial charge in [0.15, 0.2) is 0 Å². The van der Waals surface area contributed by atoms with Gasteiger partial charge in [-0.15, -0.1) is 0 Å². The van der Waals surface area contributed by atoms with Crippen molar-refractivity contribution in [2.45, 2.75) is 0 Å². The van der Waals surface area contributed by atoms with E-state index in [2.05, 4.69) is 10.6 Å². The van der Waals surface area contributed by atoms with Crippen molar-refractivity contribution >= 4 is 81.2 Å². The second-order valence-electron chi connectivity index (χ2n) is 8.09. The Labute approximate surface area is 240 Å². The smallest absolute Gasteiger partial charge is 0.307 e. The first-order valence-electron chi connectivity index (χ1n) is 11.5. The number of hydrogen-bond donors (Lipinski definition) is 2. The summed E-state index contributed by atoms with van der Waals surface area (Å²) in [7, 11) is 0. The van der Waals surface area contributed by atoms with Crippen molar-refractivity contribution in [1.82, 2.24) is 0 Å². The molecular formula is C28H22Cl4N4O2. The Hall–Kier alpha value is -3.42. The number of hydrogen-bond acceptors (Lipinski definition) is 2. The summed E-state index contributed by atoms with van der Waals surface area (Å²) in [4.78, 5) is 29.9. The Morgan fingerprint density at radius 1 is 0.526 bits per heavy atom. The number of anilines is 4. The summed E-state index contributed by atoms with van der Waals surface area (Å²) >= 11 is 24.3. The van der Waals surface area contributed by atoms with E-state index in [-0.39, 0.29) is 13.1 Å². The minimum Gasteiger partial charge on any atom is -0.307 e. The maximum absolute atomic E-state index is 13.4. The molecule has 0 aromatic heterocycles. The highest BCUT2D eigenvalue weighted by Crippen LogP contribution is 2.27. The van der Waals surface area contributed by atoms with Crippen LogP contribution in [0.4, 0.5) is 32.3 Å². The molecule has 38 heavy (non-hydrogen) atoms. The van der Waals surface area contributed by atoms with E-state index >= 15 is 0 Å². The standard InChI is InChI=1S/C28H22Cl4N4O2/c29-23-13-11-19(17-25(23)31)33-27(37)35(21-7-3-1-4-8-21)15-16-36(22-9-5-2-6-10-22)28(38)34-20-12-14-24(30)26(32)18-20/h1-14,17-18H,15-16H2,(H,33,37)(H,34,38). The SMILES string of the molecule is O=C(Nc1ccc(Cl)c(Cl)c1)N(CCN(C(=O)Nc1ccc(Cl)c(Cl)c1)c1ccccc1)c1ccccc1. The Bertz CT molecular complexity index is 1310. The van der Waals surface area contributed by atoms with Crippen LogP contribution in [0.2, 0.25) is 20.1 Å². The third-order valence-electron chi connectivity index (χ3n) is 5.51. The number of para-hydroxylation sites is 2. The van der Waals surface area contributed by atoms with Crippen LogP contribution < -0.4 is 20.4 Å². The molecule has 0 spiro atoms. The average Bonchev–Trinajstić information content (AvgIpc) is 2.92. The number of nitrogens with zero attached hydrogens (tertiary/aromatic N) is 2. The largest absolute Gasteiger partial charge is 0.326 e. The number of amides is 4. The van der Waals surface area contributed by atoms with Gasteiger partial charge >= 0.3 is 12.1 Å². The highest BCUT2D eigenvalue weighted by atomic mass is 35.5. The molecule has 10 heteroatoms. The lowest BCUT2D eigenvalue weighted by Crippen LogP contribution is -2.44. The summed E-state index contributed by atoms with van der Waals surface area (Å²) in [6, 6.07) is 27.2. The molecule has 0 saturated carbocycles. The number of nitrogens with one attached hydrogen (secondary N) is 2. The summed E-state index contributed by atoms with van der Waals surface area (Å²) in [6.07, 6.45) is 0. The number of carbonyl (C=O) groups is 2. The van der Waals surface area contributed by atoms with Crippen molar-refractivity contribution in [1.29, 1.82) is 0 Å². The third kappa shape index (κ3) is 7.11. The summed E-state index contributed by atoms with van der Waals surface area (Å²) in [5.74, 6) is 0. The van der Waals surface area contributed by atoms with E-state index in [1.54, 1.807) is 46.2 Å². The molecule has 4 rings (SSSR count). The van der Waals surface area contributed by atoms with Gasteiger partial charge in [0.1, 0.15) is 0 Å². The number of rotatable bonds is 7. The topological polar surface area (TPSA) is 64.7 Å². The van der Waals surface area contributed by atoms with Crippen LogP contribution in [0.3, 0.4) is 0 Å².